The standard InChI is InChI=1S/C15H20ClN3O6/c1-7(2)18(8(3)4)15(23)17(5)14(22)11-9(16)6-10(20)13(21)12(11)19(24)25/h6-8,20-21H,1-5H3. The summed E-state index contributed by atoms with van der Waals surface area (Å²) < 4.78 is 0. The van der Waals surface area contributed by atoms with Crippen LogP contribution in [0.1, 0.15) is 38.1 Å². The summed E-state index contributed by atoms with van der Waals surface area (Å²) in [6.07, 6.45) is 0. The fourth-order valence-corrected chi connectivity index (χ4v) is 2.73. The summed E-state index contributed by atoms with van der Waals surface area (Å²) in [5.41, 5.74) is -1.74. The van der Waals surface area contributed by atoms with Gasteiger partial charge in [0, 0.05) is 25.2 Å². The number of nitro groups is 1. The SMILES string of the molecule is CC(C)N(C(=O)N(C)C(=O)c1c(Cl)cc(O)c(O)c1[N+](=O)[O-])C(C)C. The number of rotatable bonds is 4. The van der Waals surface area contributed by atoms with Gasteiger partial charge in [0.25, 0.3) is 5.91 Å². The molecule has 0 bridgehead atoms. The molecule has 0 fully saturated rings. The number of urea groups is 1. The van der Waals surface area contributed by atoms with Crippen molar-refractivity contribution in [2.45, 2.75) is 39.8 Å². The molecule has 9 nitrogen and oxygen atoms in total. The summed E-state index contributed by atoms with van der Waals surface area (Å²) in [7, 11) is 1.16. The van der Waals surface area contributed by atoms with E-state index in [4.69, 9.17) is 11.6 Å². The van der Waals surface area contributed by atoms with Crippen LogP contribution in [0.2, 0.25) is 5.02 Å². The Bertz CT molecular complexity index is 712. The molecule has 0 heterocycles. The maximum atomic E-state index is 12.6. The van der Waals surface area contributed by atoms with Crippen LogP contribution in [0.25, 0.3) is 0 Å². The highest BCUT2D eigenvalue weighted by Crippen LogP contribution is 2.42. The lowest BCUT2D eigenvalue weighted by Crippen LogP contribution is -2.50. The third-order valence-corrected chi connectivity index (χ3v) is 3.83. The smallest absolute Gasteiger partial charge is 0.328 e. The van der Waals surface area contributed by atoms with Gasteiger partial charge in [0.2, 0.25) is 5.75 Å². The zero-order valence-corrected chi connectivity index (χ0v) is 15.2. The molecule has 0 aliphatic carbocycles. The minimum Gasteiger partial charge on any atom is -0.504 e. The van der Waals surface area contributed by atoms with Crippen molar-refractivity contribution >= 4 is 29.2 Å². The molecule has 0 unspecified atom stereocenters. The van der Waals surface area contributed by atoms with Crippen LogP contribution in [0.3, 0.4) is 0 Å². The van der Waals surface area contributed by atoms with Gasteiger partial charge in [0.1, 0.15) is 5.56 Å². The molecule has 3 amide bonds. The van der Waals surface area contributed by atoms with Crippen molar-refractivity contribution in [2.24, 2.45) is 0 Å². The van der Waals surface area contributed by atoms with Crippen LogP contribution in [0.5, 0.6) is 11.5 Å². The number of phenols is 2. The van der Waals surface area contributed by atoms with Crippen molar-refractivity contribution in [1.29, 1.82) is 0 Å². The molecular weight excluding hydrogens is 354 g/mol. The Balaban J connectivity index is 3.43. The van der Waals surface area contributed by atoms with Gasteiger partial charge in [-0.1, -0.05) is 11.6 Å². The van der Waals surface area contributed by atoms with Crippen molar-refractivity contribution in [2.75, 3.05) is 7.05 Å². The highest BCUT2D eigenvalue weighted by atomic mass is 35.5. The van der Waals surface area contributed by atoms with E-state index in [1.807, 2.05) is 0 Å². The molecule has 25 heavy (non-hydrogen) atoms. The van der Waals surface area contributed by atoms with Crippen LogP contribution in [-0.4, -0.2) is 56.0 Å². The van der Waals surface area contributed by atoms with E-state index in [-0.39, 0.29) is 12.1 Å². The highest BCUT2D eigenvalue weighted by Gasteiger charge is 2.36. The number of carbonyl (C=O) groups is 2. The van der Waals surface area contributed by atoms with E-state index in [0.29, 0.717) is 4.90 Å². The second-order valence-corrected chi connectivity index (χ2v) is 6.36. The summed E-state index contributed by atoms with van der Waals surface area (Å²) in [5, 5.41) is 29.9. The lowest BCUT2D eigenvalue weighted by Gasteiger charge is -2.33. The van der Waals surface area contributed by atoms with E-state index >= 15 is 0 Å². The minimum atomic E-state index is -1.09. The lowest BCUT2D eigenvalue weighted by atomic mass is 10.1. The molecular formula is C15H20ClN3O6. The molecule has 0 radical (unpaired) electrons. The maximum Gasteiger partial charge on any atom is 0.328 e. The number of imide groups is 1. The Labute approximate surface area is 149 Å². The number of phenolic OH excluding ortho intramolecular Hbond substituents is 2. The largest absolute Gasteiger partial charge is 0.504 e. The zero-order chi connectivity index (χ0) is 19.6. The van der Waals surface area contributed by atoms with Crippen LogP contribution in [0.15, 0.2) is 6.07 Å². The molecule has 0 aliphatic heterocycles. The Morgan fingerprint density at radius 2 is 1.68 bits per heavy atom. The fraction of sp³-hybridized carbons (Fsp3) is 0.467. The molecule has 0 atom stereocenters. The topological polar surface area (TPSA) is 124 Å². The van der Waals surface area contributed by atoms with E-state index < -0.39 is 44.6 Å². The Morgan fingerprint density at radius 1 is 1.20 bits per heavy atom. The molecule has 0 spiro atoms. The van der Waals surface area contributed by atoms with Gasteiger partial charge in [-0.15, -0.1) is 0 Å². The van der Waals surface area contributed by atoms with Crippen molar-refractivity contribution < 1.29 is 24.7 Å². The first-order valence-corrected chi connectivity index (χ1v) is 7.78. The van der Waals surface area contributed by atoms with Gasteiger partial charge >= 0.3 is 11.7 Å². The number of nitro benzene ring substituents is 1. The minimum absolute atomic E-state index is 0.221. The molecule has 0 aromatic heterocycles. The molecule has 0 aliphatic rings. The Morgan fingerprint density at radius 3 is 2.08 bits per heavy atom. The fourth-order valence-electron chi connectivity index (χ4n) is 2.46. The summed E-state index contributed by atoms with van der Waals surface area (Å²) in [5.74, 6) is -3.00. The number of benzene rings is 1. The van der Waals surface area contributed by atoms with Gasteiger partial charge in [0.15, 0.2) is 5.75 Å². The molecule has 138 valence electrons. The average Bonchev–Trinajstić information content (AvgIpc) is 2.47. The van der Waals surface area contributed by atoms with Gasteiger partial charge in [-0.2, -0.15) is 0 Å². The molecule has 0 saturated carbocycles. The van der Waals surface area contributed by atoms with E-state index in [0.717, 1.165) is 13.1 Å². The van der Waals surface area contributed by atoms with Crippen molar-refractivity contribution in [3.8, 4) is 11.5 Å². The Kier molecular flexibility index (Phi) is 6.20. The first kappa shape index (κ1) is 20.5. The molecule has 1 aromatic rings. The number of aromatic hydroxyl groups is 2. The summed E-state index contributed by atoms with van der Waals surface area (Å²) in [4.78, 5) is 37.5. The zero-order valence-electron chi connectivity index (χ0n) is 14.5. The molecule has 1 rings (SSSR count). The second-order valence-electron chi connectivity index (χ2n) is 5.95. The van der Waals surface area contributed by atoms with E-state index in [9.17, 15) is 29.9 Å². The summed E-state index contributed by atoms with van der Waals surface area (Å²) >= 11 is 5.85. The Hall–Kier alpha value is -2.55. The van der Waals surface area contributed by atoms with Crippen molar-refractivity contribution in [3.63, 3.8) is 0 Å². The predicted octanol–water partition coefficient (Wildman–Crippen LogP) is 2.97. The van der Waals surface area contributed by atoms with Gasteiger partial charge in [-0.3, -0.25) is 19.8 Å². The number of nitrogens with zero attached hydrogens (tertiary/aromatic N) is 3. The maximum absolute atomic E-state index is 12.6. The van der Waals surface area contributed by atoms with Gasteiger partial charge in [-0.05, 0) is 27.7 Å². The third-order valence-electron chi connectivity index (χ3n) is 3.53. The number of amides is 3. The predicted molar refractivity (Wildman–Crippen MR) is 91.0 cm³/mol. The normalized spacial score (nSPS) is 10.9. The van der Waals surface area contributed by atoms with Crippen molar-refractivity contribution in [3.05, 3.63) is 26.8 Å². The quantitative estimate of drug-likeness (QED) is 0.475. The van der Waals surface area contributed by atoms with Gasteiger partial charge in [-0.25, -0.2) is 4.79 Å². The molecule has 0 saturated heterocycles. The van der Waals surface area contributed by atoms with E-state index in [1.165, 1.54) is 4.90 Å². The van der Waals surface area contributed by atoms with Gasteiger partial charge in [0.05, 0.1) is 9.95 Å². The first-order chi connectivity index (χ1) is 11.4. The molecule has 1 aromatic carbocycles. The monoisotopic (exact) mass is 373 g/mol. The number of hydrogen-bond acceptors (Lipinski definition) is 6. The van der Waals surface area contributed by atoms with Crippen LogP contribution < -0.4 is 0 Å². The van der Waals surface area contributed by atoms with Gasteiger partial charge < -0.3 is 15.1 Å². The number of carbonyl (C=O) groups excluding carboxylic acids is 2. The van der Waals surface area contributed by atoms with Crippen molar-refractivity contribution in [1.82, 2.24) is 9.80 Å². The average molecular weight is 374 g/mol. The number of hydrogen-bond donors (Lipinski definition) is 2. The van der Waals surface area contributed by atoms with E-state index in [1.54, 1.807) is 27.7 Å². The number of halogens is 1. The first-order valence-electron chi connectivity index (χ1n) is 7.40. The lowest BCUT2D eigenvalue weighted by molar-refractivity contribution is -0.386. The van der Waals surface area contributed by atoms with E-state index in [2.05, 4.69) is 0 Å². The third kappa shape index (κ3) is 3.93. The van der Waals surface area contributed by atoms with Crippen LogP contribution in [-0.2, 0) is 0 Å². The van der Waals surface area contributed by atoms with Crippen LogP contribution in [0, 0.1) is 10.1 Å². The van der Waals surface area contributed by atoms with Crippen LogP contribution in [0.4, 0.5) is 10.5 Å². The highest BCUT2D eigenvalue weighted by molar-refractivity contribution is 6.35. The van der Waals surface area contributed by atoms with Crippen LogP contribution >= 0.6 is 11.6 Å². The molecule has 2 N–H and O–H groups in total. The molecule has 10 heteroatoms. The second kappa shape index (κ2) is 7.56. The summed E-state index contributed by atoms with van der Waals surface area (Å²) in [6, 6.07) is -0.311. The summed E-state index contributed by atoms with van der Waals surface area (Å²) in [6.45, 7) is 7.05.